The summed E-state index contributed by atoms with van der Waals surface area (Å²) in [6, 6.07) is 5.59. The average molecular weight is 503 g/mol. The Kier molecular flexibility index (Phi) is 6.46. The van der Waals surface area contributed by atoms with E-state index in [1.54, 1.807) is 12.1 Å². The van der Waals surface area contributed by atoms with Gasteiger partial charge in [0.2, 0.25) is 0 Å². The van der Waals surface area contributed by atoms with Gasteiger partial charge in [-0.25, -0.2) is 14.8 Å². The van der Waals surface area contributed by atoms with Crippen LogP contribution >= 0.6 is 22.9 Å². The summed E-state index contributed by atoms with van der Waals surface area (Å²) >= 11 is 7.53. The van der Waals surface area contributed by atoms with Gasteiger partial charge in [-0.15, -0.1) is 0 Å². The van der Waals surface area contributed by atoms with Gasteiger partial charge in [-0.3, -0.25) is 4.79 Å². The van der Waals surface area contributed by atoms with Gasteiger partial charge in [-0.2, -0.15) is 0 Å². The number of carbonyl (C=O) groups is 2. The van der Waals surface area contributed by atoms with E-state index >= 15 is 0 Å². The van der Waals surface area contributed by atoms with Gasteiger partial charge in [0, 0.05) is 31.2 Å². The molecular weight excluding hydrogens is 476 g/mol. The van der Waals surface area contributed by atoms with Crippen LogP contribution in [-0.2, 0) is 6.42 Å². The molecule has 1 saturated carbocycles. The van der Waals surface area contributed by atoms with Gasteiger partial charge in [-0.1, -0.05) is 42.3 Å². The number of nitrogens with one attached hydrogen (secondary N) is 3. The number of halogens is 1. The minimum absolute atomic E-state index is 0.0324. The number of fused-ring (bicyclic) bond motifs is 1. The van der Waals surface area contributed by atoms with Crippen LogP contribution in [-0.4, -0.2) is 63.1 Å². The molecule has 2 aliphatic rings. The number of piperidine rings is 1. The molecule has 0 spiro atoms. The summed E-state index contributed by atoms with van der Waals surface area (Å²) in [6.45, 7) is 3.33. The molecule has 4 N–H and O–H groups in total. The number of amides is 1. The van der Waals surface area contributed by atoms with E-state index in [4.69, 9.17) is 16.6 Å². The lowest BCUT2D eigenvalue weighted by atomic mass is 9.90. The van der Waals surface area contributed by atoms with E-state index in [2.05, 4.69) is 25.5 Å². The van der Waals surface area contributed by atoms with Gasteiger partial charge < -0.3 is 25.6 Å². The van der Waals surface area contributed by atoms with Crippen LogP contribution in [0, 0.1) is 0 Å². The van der Waals surface area contributed by atoms with Crippen molar-refractivity contribution in [2.75, 3.05) is 18.0 Å². The summed E-state index contributed by atoms with van der Waals surface area (Å²) in [4.78, 5) is 38.6. The minimum Gasteiger partial charge on any atom is -0.478 e. The third-order valence-electron chi connectivity index (χ3n) is 6.69. The highest BCUT2D eigenvalue weighted by Crippen LogP contribution is 2.33. The third-order valence-corrected chi connectivity index (χ3v) is 8.16. The first-order chi connectivity index (χ1) is 16.4. The van der Waals surface area contributed by atoms with Crippen molar-refractivity contribution in [1.82, 2.24) is 25.6 Å². The maximum Gasteiger partial charge on any atom is 0.337 e. The molecule has 2 fully saturated rings. The van der Waals surface area contributed by atoms with Gasteiger partial charge in [-0.05, 0) is 37.8 Å². The first kappa shape index (κ1) is 23.1. The second-order valence-corrected chi connectivity index (χ2v) is 10.2. The van der Waals surface area contributed by atoms with Crippen molar-refractivity contribution in [3.63, 3.8) is 0 Å². The average Bonchev–Trinajstić information content (AvgIpc) is 3.40. The Morgan fingerprint density at radius 3 is 2.76 bits per heavy atom. The van der Waals surface area contributed by atoms with Crippen molar-refractivity contribution in [3.8, 4) is 0 Å². The number of aromatic carboxylic acids is 1. The number of aromatic nitrogens is 3. The van der Waals surface area contributed by atoms with Gasteiger partial charge in [0.05, 0.1) is 21.5 Å². The number of rotatable bonds is 7. The molecule has 1 amide bonds. The van der Waals surface area contributed by atoms with E-state index in [1.165, 1.54) is 17.8 Å². The zero-order valence-electron chi connectivity index (χ0n) is 18.8. The number of imidazole rings is 1. The first-order valence-corrected chi connectivity index (χ1v) is 12.8. The Balaban J connectivity index is 1.34. The maximum absolute atomic E-state index is 12.9. The molecule has 2 atom stereocenters. The second-order valence-electron chi connectivity index (χ2n) is 8.88. The predicted octanol–water partition coefficient (Wildman–Crippen LogP) is 3.45. The van der Waals surface area contributed by atoms with Crippen LogP contribution in [0.5, 0.6) is 0 Å². The van der Waals surface area contributed by atoms with E-state index in [-0.39, 0.29) is 29.4 Å². The smallest absolute Gasteiger partial charge is 0.337 e. The number of nitrogens with zero attached hydrogens (tertiary/aromatic N) is 3. The topological polar surface area (TPSA) is 123 Å². The van der Waals surface area contributed by atoms with E-state index in [0.29, 0.717) is 40.9 Å². The Morgan fingerprint density at radius 1 is 1.26 bits per heavy atom. The van der Waals surface area contributed by atoms with Crippen molar-refractivity contribution in [2.24, 2.45) is 0 Å². The minimum atomic E-state index is -0.948. The second kappa shape index (κ2) is 9.52. The zero-order valence-corrected chi connectivity index (χ0v) is 20.4. The van der Waals surface area contributed by atoms with Crippen molar-refractivity contribution < 1.29 is 14.7 Å². The number of hydrogen-bond acceptors (Lipinski definition) is 7. The summed E-state index contributed by atoms with van der Waals surface area (Å²) in [5.74, 6) is -0.971. The van der Waals surface area contributed by atoms with E-state index in [0.717, 1.165) is 30.1 Å². The van der Waals surface area contributed by atoms with Crippen molar-refractivity contribution in [2.45, 2.75) is 57.2 Å². The van der Waals surface area contributed by atoms with E-state index in [9.17, 15) is 14.7 Å². The van der Waals surface area contributed by atoms with Crippen molar-refractivity contribution in [1.29, 1.82) is 0 Å². The summed E-state index contributed by atoms with van der Waals surface area (Å²) in [7, 11) is 0. The molecule has 1 aliphatic heterocycles. The highest BCUT2D eigenvalue weighted by Gasteiger charge is 2.35. The van der Waals surface area contributed by atoms with Crippen LogP contribution in [0.4, 0.5) is 5.13 Å². The standard InChI is InChI=1S/C23H27ClN6O3S/c1-2-14-19(24)29-20(26-14)21(31)27-15-9-10-30(11-17(15)25-12-5-3-6-12)23-28-16-8-4-7-13(22(32)33)18(16)34-23/h4,7-8,12,15,17,25H,2-3,5-6,9-11H2,1H3,(H,26,29)(H,27,31)(H,32,33)/t15-,17+/m1/s1. The highest BCUT2D eigenvalue weighted by molar-refractivity contribution is 7.22. The summed E-state index contributed by atoms with van der Waals surface area (Å²) in [5.41, 5.74) is 1.72. The van der Waals surface area contributed by atoms with Gasteiger partial charge in [0.15, 0.2) is 16.1 Å². The van der Waals surface area contributed by atoms with Gasteiger partial charge in [0.1, 0.15) is 0 Å². The molecule has 34 heavy (non-hydrogen) atoms. The van der Waals surface area contributed by atoms with Crippen LogP contribution in [0.25, 0.3) is 10.2 Å². The third kappa shape index (κ3) is 4.49. The van der Waals surface area contributed by atoms with Crippen molar-refractivity contribution >= 4 is 50.2 Å². The monoisotopic (exact) mass is 502 g/mol. The number of carboxylic acids is 1. The van der Waals surface area contributed by atoms with Gasteiger partial charge in [0.25, 0.3) is 5.91 Å². The number of thiazole rings is 1. The van der Waals surface area contributed by atoms with Crippen LogP contribution in [0.3, 0.4) is 0 Å². The number of carboxylic acid groups (broad SMARTS) is 1. The lowest BCUT2D eigenvalue weighted by Crippen LogP contribution is -2.62. The number of aromatic amines is 1. The molecule has 3 heterocycles. The SMILES string of the molecule is CCc1[nH]c(C(=O)N[C@@H]2CCN(c3nc4cccc(C(=O)O)c4s3)C[C@@H]2NC2CCC2)nc1Cl. The fourth-order valence-electron chi connectivity index (χ4n) is 4.55. The number of anilines is 1. The fraction of sp³-hybridized carbons (Fsp3) is 0.478. The predicted molar refractivity (Wildman–Crippen MR) is 132 cm³/mol. The van der Waals surface area contributed by atoms with Crippen LogP contribution in [0.1, 0.15) is 59.3 Å². The van der Waals surface area contributed by atoms with Crippen molar-refractivity contribution in [3.05, 3.63) is 40.4 Å². The number of aryl methyl sites for hydroxylation is 1. The summed E-state index contributed by atoms with van der Waals surface area (Å²) in [5, 5.41) is 17.5. The fourth-order valence-corrected chi connectivity index (χ4v) is 5.92. The Hall–Kier alpha value is -2.69. The van der Waals surface area contributed by atoms with Crippen LogP contribution in [0.2, 0.25) is 5.15 Å². The van der Waals surface area contributed by atoms with Gasteiger partial charge >= 0.3 is 5.97 Å². The molecule has 0 bridgehead atoms. The lowest BCUT2D eigenvalue weighted by molar-refractivity contribution is 0.0699. The molecule has 0 radical (unpaired) electrons. The number of carbonyl (C=O) groups excluding carboxylic acids is 1. The zero-order chi connectivity index (χ0) is 23.8. The lowest BCUT2D eigenvalue weighted by Gasteiger charge is -2.42. The molecule has 5 rings (SSSR count). The summed E-state index contributed by atoms with van der Waals surface area (Å²) < 4.78 is 0.686. The van der Waals surface area contributed by atoms with Crippen LogP contribution < -0.4 is 15.5 Å². The Bertz CT molecular complexity index is 1220. The molecule has 2 aromatic heterocycles. The molecule has 9 nitrogen and oxygen atoms in total. The molecule has 3 aromatic rings. The van der Waals surface area contributed by atoms with Crippen LogP contribution in [0.15, 0.2) is 18.2 Å². The highest BCUT2D eigenvalue weighted by atomic mass is 35.5. The maximum atomic E-state index is 12.9. The quantitative estimate of drug-likeness (QED) is 0.390. The number of hydrogen-bond donors (Lipinski definition) is 4. The van der Waals surface area contributed by atoms with E-state index in [1.807, 2.05) is 13.0 Å². The largest absolute Gasteiger partial charge is 0.478 e. The summed E-state index contributed by atoms with van der Waals surface area (Å²) in [6.07, 6.45) is 4.88. The Morgan fingerprint density at radius 2 is 2.09 bits per heavy atom. The molecule has 1 saturated heterocycles. The first-order valence-electron chi connectivity index (χ1n) is 11.6. The molecular formula is C23H27ClN6O3S. The van der Waals surface area contributed by atoms with E-state index < -0.39 is 5.97 Å². The molecule has 1 aromatic carbocycles. The Labute approximate surface area is 205 Å². The molecule has 1 aliphatic carbocycles. The number of H-pyrrole nitrogens is 1. The number of benzene rings is 1. The normalized spacial score (nSPS) is 20.9. The molecule has 0 unspecified atom stereocenters. The molecule has 11 heteroatoms. The molecule has 180 valence electrons.